The lowest BCUT2D eigenvalue weighted by molar-refractivity contribution is -0.167. The Kier molecular flexibility index (Phi) is 7.42. The summed E-state index contributed by atoms with van der Waals surface area (Å²) in [6, 6.07) is 18.6. The molecular formula is C29H38N2O4. The van der Waals surface area contributed by atoms with Gasteiger partial charge in [0.1, 0.15) is 11.2 Å². The Balaban J connectivity index is 1.33. The van der Waals surface area contributed by atoms with E-state index in [1.54, 1.807) is 14.2 Å². The molecule has 3 fully saturated rings. The van der Waals surface area contributed by atoms with Crippen LogP contribution in [0.5, 0.6) is 5.75 Å². The van der Waals surface area contributed by atoms with E-state index in [1.165, 1.54) is 32.1 Å². The van der Waals surface area contributed by atoms with Crippen molar-refractivity contribution in [3.63, 3.8) is 0 Å². The molecule has 3 aliphatic rings. The van der Waals surface area contributed by atoms with E-state index in [0.29, 0.717) is 6.42 Å². The first-order valence-corrected chi connectivity index (χ1v) is 13.1. The van der Waals surface area contributed by atoms with Gasteiger partial charge in [-0.05, 0) is 37.0 Å². The van der Waals surface area contributed by atoms with Gasteiger partial charge in [0.15, 0.2) is 6.23 Å². The van der Waals surface area contributed by atoms with Gasteiger partial charge in [0.2, 0.25) is 0 Å². The molecule has 0 aromatic heterocycles. The Bertz CT molecular complexity index is 968. The number of ether oxygens (including phenoxy) is 3. The lowest BCUT2D eigenvalue weighted by Gasteiger charge is -2.43. The zero-order valence-electron chi connectivity index (χ0n) is 21.0. The van der Waals surface area contributed by atoms with E-state index in [1.807, 2.05) is 42.5 Å². The van der Waals surface area contributed by atoms with Gasteiger partial charge in [-0.2, -0.15) is 0 Å². The summed E-state index contributed by atoms with van der Waals surface area (Å²) in [4.78, 5) is 18.8. The highest BCUT2D eigenvalue weighted by Gasteiger charge is 2.64. The third kappa shape index (κ3) is 4.97. The summed E-state index contributed by atoms with van der Waals surface area (Å²) in [6.07, 6.45) is 6.77. The van der Waals surface area contributed by atoms with Crippen LogP contribution in [0.4, 0.5) is 0 Å². The summed E-state index contributed by atoms with van der Waals surface area (Å²) in [6.45, 7) is 3.84. The molecule has 1 aliphatic heterocycles. The average molecular weight is 479 g/mol. The van der Waals surface area contributed by atoms with E-state index in [9.17, 15) is 4.79 Å². The van der Waals surface area contributed by atoms with Crippen molar-refractivity contribution < 1.29 is 19.0 Å². The number of nitrogens with zero attached hydrogens (tertiary/aromatic N) is 2. The molecule has 0 spiro atoms. The van der Waals surface area contributed by atoms with Gasteiger partial charge in [0, 0.05) is 44.9 Å². The molecule has 1 saturated heterocycles. The standard InChI is InChI=1S/C29H38N2O4/c1-33-25-15-13-23(14-16-25)29(21-26(29)34-2)28(32)35-27(22-9-5-3-6-10-22)31-19-17-30(18-20-31)24-11-7-4-8-12-24/h3,5-6,9-10,13-16,24,26-27H,4,7-8,11-12,17-21H2,1-2H3/t26-,27?,29-/m1/s1. The predicted molar refractivity (Wildman–Crippen MR) is 135 cm³/mol. The fourth-order valence-electron chi connectivity index (χ4n) is 6.00. The van der Waals surface area contributed by atoms with Crippen LogP contribution in [-0.2, 0) is 19.7 Å². The van der Waals surface area contributed by atoms with Gasteiger partial charge in [-0.15, -0.1) is 0 Å². The van der Waals surface area contributed by atoms with Crippen LogP contribution in [-0.4, -0.2) is 68.3 Å². The highest BCUT2D eigenvalue weighted by Crippen LogP contribution is 2.52. The molecule has 6 nitrogen and oxygen atoms in total. The Labute approximate surface area is 209 Å². The van der Waals surface area contributed by atoms with E-state index < -0.39 is 11.6 Å². The molecule has 0 bridgehead atoms. The SMILES string of the molecule is COc1ccc([C@]2(C(=O)OC(c3ccccc3)N3CCN(C4CCCCC4)CC3)C[C@H]2OC)cc1. The fourth-order valence-corrected chi connectivity index (χ4v) is 6.00. The summed E-state index contributed by atoms with van der Waals surface area (Å²) < 4.78 is 17.4. The Morgan fingerprint density at radius 3 is 2.20 bits per heavy atom. The Hall–Kier alpha value is -2.41. The molecule has 0 radical (unpaired) electrons. The highest BCUT2D eigenvalue weighted by atomic mass is 16.6. The van der Waals surface area contributed by atoms with Gasteiger partial charge >= 0.3 is 5.97 Å². The maximum Gasteiger partial charge on any atom is 0.321 e. The number of benzene rings is 2. The van der Waals surface area contributed by atoms with E-state index in [2.05, 4.69) is 21.9 Å². The van der Waals surface area contributed by atoms with Crippen LogP contribution in [0.1, 0.15) is 55.9 Å². The third-order valence-corrected chi connectivity index (χ3v) is 8.23. The number of esters is 1. The van der Waals surface area contributed by atoms with Crippen molar-refractivity contribution in [1.29, 1.82) is 0 Å². The zero-order chi connectivity index (χ0) is 24.3. The second-order valence-electron chi connectivity index (χ2n) is 10.2. The minimum atomic E-state index is -0.766. The molecule has 35 heavy (non-hydrogen) atoms. The van der Waals surface area contributed by atoms with Gasteiger partial charge < -0.3 is 14.2 Å². The first-order chi connectivity index (χ1) is 17.2. The van der Waals surface area contributed by atoms with E-state index >= 15 is 0 Å². The monoisotopic (exact) mass is 478 g/mol. The summed E-state index contributed by atoms with van der Waals surface area (Å²) in [7, 11) is 3.31. The van der Waals surface area contributed by atoms with Crippen molar-refractivity contribution in [2.75, 3.05) is 40.4 Å². The molecule has 188 valence electrons. The Morgan fingerprint density at radius 1 is 0.914 bits per heavy atom. The van der Waals surface area contributed by atoms with Crippen molar-refractivity contribution in [1.82, 2.24) is 9.80 Å². The lowest BCUT2D eigenvalue weighted by Crippen LogP contribution is -2.52. The largest absolute Gasteiger partial charge is 0.497 e. The van der Waals surface area contributed by atoms with Crippen LogP contribution in [0.2, 0.25) is 0 Å². The van der Waals surface area contributed by atoms with Crippen molar-refractivity contribution >= 4 is 5.97 Å². The lowest BCUT2D eigenvalue weighted by atomic mass is 9.93. The van der Waals surface area contributed by atoms with E-state index in [-0.39, 0.29) is 12.1 Å². The van der Waals surface area contributed by atoms with Crippen LogP contribution in [0.15, 0.2) is 54.6 Å². The second-order valence-corrected chi connectivity index (χ2v) is 10.2. The van der Waals surface area contributed by atoms with Gasteiger partial charge in [-0.3, -0.25) is 14.6 Å². The molecule has 6 heteroatoms. The summed E-state index contributed by atoms with van der Waals surface area (Å²) in [5, 5.41) is 0. The maximum atomic E-state index is 13.8. The number of piperazine rings is 1. The van der Waals surface area contributed by atoms with Gasteiger partial charge in [-0.1, -0.05) is 61.7 Å². The molecular weight excluding hydrogens is 440 g/mol. The Morgan fingerprint density at radius 2 is 1.60 bits per heavy atom. The van der Waals surface area contributed by atoms with Crippen LogP contribution in [0.3, 0.4) is 0 Å². The van der Waals surface area contributed by atoms with Gasteiger partial charge in [0.25, 0.3) is 0 Å². The highest BCUT2D eigenvalue weighted by molar-refractivity contribution is 5.88. The van der Waals surface area contributed by atoms with Gasteiger partial charge in [-0.25, -0.2) is 0 Å². The number of carbonyl (C=O) groups excluding carboxylic acids is 1. The van der Waals surface area contributed by atoms with Crippen molar-refractivity contribution in [2.45, 2.75) is 62.3 Å². The maximum absolute atomic E-state index is 13.8. The minimum Gasteiger partial charge on any atom is -0.497 e. The number of hydrogen-bond donors (Lipinski definition) is 0. The van der Waals surface area contributed by atoms with Crippen molar-refractivity contribution in [2.24, 2.45) is 0 Å². The normalized spacial score (nSPS) is 26.7. The number of methoxy groups -OCH3 is 2. The molecule has 2 aliphatic carbocycles. The average Bonchev–Trinajstić information content (AvgIpc) is 3.69. The molecule has 0 N–H and O–H groups in total. The molecule has 2 aromatic carbocycles. The number of carbonyl (C=O) groups is 1. The minimum absolute atomic E-state index is 0.178. The number of hydrogen-bond acceptors (Lipinski definition) is 6. The quantitative estimate of drug-likeness (QED) is 0.519. The van der Waals surface area contributed by atoms with E-state index in [0.717, 1.165) is 49.1 Å². The number of rotatable bonds is 8. The van der Waals surface area contributed by atoms with Gasteiger partial charge in [0.05, 0.1) is 13.2 Å². The predicted octanol–water partition coefficient (Wildman–Crippen LogP) is 4.54. The molecule has 2 saturated carbocycles. The van der Waals surface area contributed by atoms with Crippen LogP contribution >= 0.6 is 0 Å². The molecule has 2 aromatic rings. The van der Waals surface area contributed by atoms with Crippen LogP contribution < -0.4 is 4.74 Å². The topological polar surface area (TPSA) is 51.2 Å². The first kappa shape index (κ1) is 24.3. The van der Waals surface area contributed by atoms with Crippen LogP contribution in [0, 0.1) is 0 Å². The second kappa shape index (κ2) is 10.7. The molecule has 0 amide bonds. The third-order valence-electron chi connectivity index (χ3n) is 8.23. The van der Waals surface area contributed by atoms with Crippen molar-refractivity contribution in [3.8, 4) is 5.75 Å². The van der Waals surface area contributed by atoms with E-state index in [4.69, 9.17) is 14.2 Å². The smallest absolute Gasteiger partial charge is 0.321 e. The fraction of sp³-hybridized carbons (Fsp3) is 0.552. The summed E-state index contributed by atoms with van der Waals surface area (Å²) in [5.74, 6) is 0.558. The van der Waals surface area contributed by atoms with Crippen molar-refractivity contribution in [3.05, 3.63) is 65.7 Å². The molecule has 1 unspecified atom stereocenters. The van der Waals surface area contributed by atoms with Crippen LogP contribution in [0.25, 0.3) is 0 Å². The summed E-state index contributed by atoms with van der Waals surface area (Å²) in [5.41, 5.74) is 1.17. The molecule has 3 atom stereocenters. The molecule has 1 heterocycles. The first-order valence-electron chi connectivity index (χ1n) is 13.1. The zero-order valence-corrected chi connectivity index (χ0v) is 21.0. The molecule has 5 rings (SSSR count). The summed E-state index contributed by atoms with van der Waals surface area (Å²) >= 11 is 0.